The highest BCUT2D eigenvalue weighted by Gasteiger charge is 2.45. The van der Waals surface area contributed by atoms with Crippen LogP contribution in [0.4, 0.5) is 0 Å². The molecule has 2 aromatic rings. The minimum absolute atomic E-state index is 0.0571. The Bertz CT molecular complexity index is 655. The molecular weight excluding hydrogens is 226 g/mol. The van der Waals surface area contributed by atoms with Gasteiger partial charge in [-0.2, -0.15) is 0 Å². The molecule has 1 aromatic carbocycles. The van der Waals surface area contributed by atoms with E-state index in [1.807, 2.05) is 30.4 Å². The summed E-state index contributed by atoms with van der Waals surface area (Å²) >= 11 is 0. The van der Waals surface area contributed by atoms with Crippen molar-refractivity contribution >= 4 is 10.9 Å². The Labute approximate surface area is 105 Å². The van der Waals surface area contributed by atoms with E-state index in [1.165, 1.54) is 5.39 Å². The predicted octanol–water partition coefficient (Wildman–Crippen LogP) is 2.79. The summed E-state index contributed by atoms with van der Waals surface area (Å²) in [6.07, 6.45) is 10.1. The van der Waals surface area contributed by atoms with E-state index in [2.05, 4.69) is 35.0 Å². The first-order valence-electron chi connectivity index (χ1n) is 6.08. The molecule has 0 spiro atoms. The molecule has 1 aliphatic heterocycles. The Morgan fingerprint density at radius 1 is 1.17 bits per heavy atom. The molecule has 1 aromatic heterocycles. The maximum atomic E-state index is 5.90. The van der Waals surface area contributed by atoms with Gasteiger partial charge in [0.25, 0.3) is 0 Å². The van der Waals surface area contributed by atoms with Crippen molar-refractivity contribution in [1.82, 2.24) is 4.57 Å². The van der Waals surface area contributed by atoms with Crippen molar-refractivity contribution in [3.05, 3.63) is 60.8 Å². The van der Waals surface area contributed by atoms with E-state index in [0.29, 0.717) is 6.79 Å². The Morgan fingerprint density at radius 3 is 3.11 bits per heavy atom. The van der Waals surface area contributed by atoms with Crippen molar-refractivity contribution in [1.29, 1.82) is 0 Å². The van der Waals surface area contributed by atoms with Crippen molar-refractivity contribution in [2.45, 2.75) is 11.8 Å². The van der Waals surface area contributed by atoms with E-state index >= 15 is 0 Å². The van der Waals surface area contributed by atoms with Crippen LogP contribution in [-0.2, 0) is 15.2 Å². The Kier molecular flexibility index (Phi) is 2.01. The van der Waals surface area contributed by atoms with Crippen LogP contribution in [0.15, 0.2) is 60.8 Å². The first kappa shape index (κ1) is 10.1. The maximum absolute atomic E-state index is 5.90. The summed E-state index contributed by atoms with van der Waals surface area (Å²) in [6.45, 7) is 0.325. The summed E-state index contributed by atoms with van der Waals surface area (Å²) in [5.74, 6) is 0. The molecule has 1 aliphatic carbocycles. The quantitative estimate of drug-likeness (QED) is 0.764. The summed E-state index contributed by atoms with van der Waals surface area (Å²) in [4.78, 5) is 0. The topological polar surface area (TPSA) is 23.4 Å². The SMILES string of the molecule is C1=CC2OCOC2(n2ccc3ccccc32)C=C1. The van der Waals surface area contributed by atoms with Crippen molar-refractivity contribution in [3.63, 3.8) is 0 Å². The van der Waals surface area contributed by atoms with Gasteiger partial charge in [-0.3, -0.25) is 0 Å². The molecule has 90 valence electrons. The van der Waals surface area contributed by atoms with E-state index in [9.17, 15) is 0 Å². The van der Waals surface area contributed by atoms with Crippen LogP contribution in [0.2, 0.25) is 0 Å². The van der Waals surface area contributed by atoms with Gasteiger partial charge in [0.05, 0.1) is 5.52 Å². The van der Waals surface area contributed by atoms with Crippen molar-refractivity contribution in [2.75, 3.05) is 6.79 Å². The summed E-state index contributed by atoms with van der Waals surface area (Å²) in [7, 11) is 0. The maximum Gasteiger partial charge on any atom is 0.197 e. The van der Waals surface area contributed by atoms with Crippen LogP contribution in [0.5, 0.6) is 0 Å². The molecule has 2 unspecified atom stereocenters. The zero-order valence-electron chi connectivity index (χ0n) is 9.82. The van der Waals surface area contributed by atoms with Crippen LogP contribution < -0.4 is 0 Å². The van der Waals surface area contributed by atoms with Crippen LogP contribution in [0.1, 0.15) is 0 Å². The van der Waals surface area contributed by atoms with Gasteiger partial charge in [0.15, 0.2) is 12.5 Å². The zero-order valence-corrected chi connectivity index (χ0v) is 9.82. The number of benzene rings is 1. The van der Waals surface area contributed by atoms with Gasteiger partial charge in [-0.15, -0.1) is 0 Å². The van der Waals surface area contributed by atoms with Crippen molar-refractivity contribution in [3.8, 4) is 0 Å². The van der Waals surface area contributed by atoms with Crippen molar-refractivity contribution in [2.24, 2.45) is 0 Å². The second kappa shape index (κ2) is 3.57. The summed E-state index contributed by atoms with van der Waals surface area (Å²) in [6, 6.07) is 10.4. The lowest BCUT2D eigenvalue weighted by molar-refractivity contribution is -0.0255. The third kappa shape index (κ3) is 1.20. The minimum atomic E-state index is -0.530. The van der Waals surface area contributed by atoms with E-state index in [4.69, 9.17) is 9.47 Å². The first-order chi connectivity index (χ1) is 8.90. The average Bonchev–Trinajstić information content (AvgIpc) is 3.03. The Balaban J connectivity index is 1.96. The number of fused-ring (bicyclic) bond motifs is 2. The highest BCUT2D eigenvalue weighted by molar-refractivity contribution is 5.80. The highest BCUT2D eigenvalue weighted by atomic mass is 16.7. The zero-order chi connectivity index (χ0) is 12.0. The van der Waals surface area contributed by atoms with Crippen LogP contribution in [0, 0.1) is 0 Å². The molecule has 0 radical (unpaired) electrons. The number of para-hydroxylation sites is 1. The van der Waals surface area contributed by atoms with Crippen LogP contribution >= 0.6 is 0 Å². The molecule has 3 nitrogen and oxygen atoms in total. The number of aromatic nitrogens is 1. The van der Waals surface area contributed by atoms with Crippen LogP contribution in [0.25, 0.3) is 10.9 Å². The second-order valence-electron chi connectivity index (χ2n) is 4.59. The van der Waals surface area contributed by atoms with Gasteiger partial charge in [-0.1, -0.05) is 36.4 Å². The molecule has 2 aliphatic rings. The predicted molar refractivity (Wildman–Crippen MR) is 69.0 cm³/mol. The summed E-state index contributed by atoms with van der Waals surface area (Å²) in [5.41, 5.74) is 0.630. The summed E-state index contributed by atoms with van der Waals surface area (Å²) < 4.78 is 13.7. The molecule has 2 atom stereocenters. The number of nitrogens with zero attached hydrogens (tertiary/aromatic N) is 1. The van der Waals surface area contributed by atoms with Gasteiger partial charge in [-0.05, 0) is 23.6 Å². The van der Waals surface area contributed by atoms with Crippen molar-refractivity contribution < 1.29 is 9.47 Å². The van der Waals surface area contributed by atoms with Gasteiger partial charge in [0.1, 0.15) is 6.10 Å². The second-order valence-corrected chi connectivity index (χ2v) is 4.59. The fourth-order valence-electron chi connectivity index (χ4n) is 2.77. The fraction of sp³-hybridized carbons (Fsp3) is 0.200. The number of rotatable bonds is 1. The molecule has 3 heteroatoms. The van der Waals surface area contributed by atoms with Gasteiger partial charge in [-0.25, -0.2) is 0 Å². The normalized spacial score (nSPS) is 29.9. The molecule has 4 rings (SSSR count). The molecule has 0 saturated carbocycles. The lowest BCUT2D eigenvalue weighted by Crippen LogP contribution is -2.40. The first-order valence-corrected chi connectivity index (χ1v) is 6.08. The average molecular weight is 239 g/mol. The monoisotopic (exact) mass is 239 g/mol. The fourth-order valence-corrected chi connectivity index (χ4v) is 2.77. The summed E-state index contributed by atoms with van der Waals surface area (Å²) in [5, 5.41) is 1.21. The standard InChI is InChI=1S/C15H13NO2/c1-2-6-13-12(5-1)8-10-16(13)15-9-4-3-7-14(15)17-11-18-15/h1-10,14H,11H2. The third-order valence-corrected chi connectivity index (χ3v) is 3.65. The third-order valence-electron chi connectivity index (χ3n) is 3.65. The molecule has 0 amide bonds. The Hall–Kier alpha value is -1.84. The molecule has 0 N–H and O–H groups in total. The molecule has 0 bridgehead atoms. The number of hydrogen-bond acceptors (Lipinski definition) is 2. The molecule has 2 heterocycles. The van der Waals surface area contributed by atoms with Gasteiger partial charge >= 0.3 is 0 Å². The van der Waals surface area contributed by atoms with E-state index in [1.54, 1.807) is 0 Å². The largest absolute Gasteiger partial charge is 0.343 e. The molecule has 18 heavy (non-hydrogen) atoms. The van der Waals surface area contributed by atoms with E-state index in [-0.39, 0.29) is 6.10 Å². The van der Waals surface area contributed by atoms with Crippen LogP contribution in [-0.4, -0.2) is 17.5 Å². The number of ether oxygens (including phenoxy) is 2. The van der Waals surface area contributed by atoms with E-state index < -0.39 is 5.72 Å². The lowest BCUT2D eigenvalue weighted by Gasteiger charge is -2.32. The van der Waals surface area contributed by atoms with Gasteiger partial charge in [0.2, 0.25) is 0 Å². The Morgan fingerprint density at radius 2 is 2.11 bits per heavy atom. The number of hydrogen-bond donors (Lipinski definition) is 0. The van der Waals surface area contributed by atoms with E-state index in [0.717, 1.165) is 5.52 Å². The van der Waals surface area contributed by atoms with Gasteiger partial charge in [0, 0.05) is 6.20 Å². The minimum Gasteiger partial charge on any atom is -0.343 e. The number of allylic oxidation sites excluding steroid dienone is 2. The van der Waals surface area contributed by atoms with Gasteiger partial charge < -0.3 is 14.0 Å². The van der Waals surface area contributed by atoms with Crippen LogP contribution in [0.3, 0.4) is 0 Å². The molecule has 1 fully saturated rings. The highest BCUT2D eigenvalue weighted by Crippen LogP contribution is 2.38. The molecular formula is C15H13NO2. The molecule has 1 saturated heterocycles. The lowest BCUT2D eigenvalue weighted by atomic mass is 10.0. The smallest absolute Gasteiger partial charge is 0.197 e.